The van der Waals surface area contributed by atoms with E-state index in [0.29, 0.717) is 39.9 Å². The van der Waals surface area contributed by atoms with E-state index in [1.807, 2.05) is 48.5 Å². The lowest BCUT2D eigenvalue weighted by atomic mass is 10.1. The molecule has 4 aromatic rings. The molecule has 0 saturated carbocycles. The molecule has 36 heavy (non-hydrogen) atoms. The van der Waals surface area contributed by atoms with E-state index in [4.69, 9.17) is 13.9 Å². The second-order valence-electron chi connectivity index (χ2n) is 7.77. The minimum atomic E-state index is -0.339. The molecule has 0 atom stereocenters. The number of ether oxygens (including phenoxy) is 2. The third-order valence-corrected chi connectivity index (χ3v) is 5.29. The fourth-order valence-electron chi connectivity index (χ4n) is 3.46. The van der Waals surface area contributed by atoms with Crippen LogP contribution in [-0.2, 0) is 11.3 Å². The van der Waals surface area contributed by atoms with Crippen molar-refractivity contribution in [2.24, 2.45) is 0 Å². The van der Waals surface area contributed by atoms with Crippen molar-refractivity contribution in [1.82, 2.24) is 15.3 Å². The van der Waals surface area contributed by atoms with Crippen molar-refractivity contribution in [3.05, 3.63) is 89.9 Å². The summed E-state index contributed by atoms with van der Waals surface area (Å²) in [5.74, 6) is 1.32. The van der Waals surface area contributed by atoms with Crippen LogP contribution in [-0.4, -0.2) is 35.5 Å². The van der Waals surface area contributed by atoms with Crippen LogP contribution in [0.1, 0.15) is 28.2 Å². The van der Waals surface area contributed by atoms with Crippen LogP contribution in [0.5, 0.6) is 11.6 Å². The molecule has 0 unspecified atom stereocenters. The van der Waals surface area contributed by atoms with Crippen LogP contribution >= 0.6 is 0 Å². The second kappa shape index (κ2) is 11.7. The minimum Gasteiger partial charge on any atom is -0.493 e. The van der Waals surface area contributed by atoms with E-state index in [9.17, 15) is 9.59 Å². The van der Waals surface area contributed by atoms with Crippen LogP contribution in [0.2, 0.25) is 0 Å². The summed E-state index contributed by atoms with van der Waals surface area (Å²) < 4.78 is 16.6. The van der Waals surface area contributed by atoms with Crippen LogP contribution in [0.15, 0.2) is 77.3 Å². The first kappa shape index (κ1) is 24.5. The Morgan fingerprint density at radius 1 is 1.00 bits per heavy atom. The number of amides is 2. The van der Waals surface area contributed by atoms with Gasteiger partial charge in [-0.05, 0) is 43.3 Å². The normalized spacial score (nSPS) is 10.5. The summed E-state index contributed by atoms with van der Waals surface area (Å²) in [7, 11) is 1.46. The third-order valence-electron chi connectivity index (χ3n) is 5.29. The van der Waals surface area contributed by atoms with E-state index in [1.54, 1.807) is 31.3 Å². The van der Waals surface area contributed by atoms with Crippen LogP contribution in [0.25, 0.3) is 11.5 Å². The number of hydrogen-bond donors (Lipinski definition) is 2. The van der Waals surface area contributed by atoms with Crippen molar-refractivity contribution < 1.29 is 23.5 Å². The molecule has 0 aliphatic rings. The van der Waals surface area contributed by atoms with Gasteiger partial charge in [0.15, 0.2) is 0 Å². The van der Waals surface area contributed by atoms with Gasteiger partial charge in [-0.25, -0.2) is 9.97 Å². The van der Waals surface area contributed by atoms with Gasteiger partial charge >= 0.3 is 0 Å². The number of nitrogens with zero attached hydrogens (tertiary/aromatic N) is 2. The van der Waals surface area contributed by atoms with Crippen LogP contribution in [0, 0.1) is 6.92 Å². The summed E-state index contributed by atoms with van der Waals surface area (Å²) >= 11 is 0. The van der Waals surface area contributed by atoms with E-state index >= 15 is 0 Å². The first-order valence-corrected chi connectivity index (χ1v) is 11.4. The zero-order valence-electron chi connectivity index (χ0n) is 20.0. The molecule has 0 aliphatic carbocycles. The summed E-state index contributed by atoms with van der Waals surface area (Å²) in [5.41, 5.74) is 2.09. The number of benzene rings is 2. The molecule has 0 fully saturated rings. The largest absolute Gasteiger partial charge is 0.493 e. The van der Waals surface area contributed by atoms with Crippen molar-refractivity contribution in [2.45, 2.75) is 19.9 Å². The summed E-state index contributed by atoms with van der Waals surface area (Å²) in [6.07, 6.45) is 1.74. The zero-order valence-corrected chi connectivity index (χ0v) is 20.0. The van der Waals surface area contributed by atoms with Gasteiger partial charge in [-0.2, -0.15) is 0 Å². The lowest BCUT2D eigenvalue weighted by Crippen LogP contribution is -2.24. The topological polar surface area (TPSA) is 116 Å². The highest BCUT2D eigenvalue weighted by Crippen LogP contribution is 2.29. The smallest absolute Gasteiger partial charge is 0.257 e. The third kappa shape index (κ3) is 6.06. The average Bonchev–Trinajstić information content (AvgIpc) is 3.28. The molecule has 0 aliphatic heterocycles. The number of nitrogens with one attached hydrogen (secondary N) is 2. The Kier molecular flexibility index (Phi) is 7.92. The molecule has 2 N–H and O–H groups in total. The maximum atomic E-state index is 12.6. The number of anilines is 1. The second-order valence-corrected chi connectivity index (χ2v) is 7.77. The first-order valence-electron chi connectivity index (χ1n) is 11.4. The minimum absolute atomic E-state index is 0.150. The molecule has 0 bridgehead atoms. The van der Waals surface area contributed by atoms with Crippen LogP contribution in [0.3, 0.4) is 0 Å². The molecule has 9 nitrogen and oxygen atoms in total. The van der Waals surface area contributed by atoms with Gasteiger partial charge in [0.2, 0.25) is 17.7 Å². The van der Waals surface area contributed by atoms with Crippen molar-refractivity contribution >= 4 is 17.5 Å². The Bertz CT molecular complexity index is 1340. The summed E-state index contributed by atoms with van der Waals surface area (Å²) in [5, 5.41) is 5.71. The zero-order chi connectivity index (χ0) is 25.3. The molecule has 0 radical (unpaired) electrons. The van der Waals surface area contributed by atoms with Crippen LogP contribution in [0.4, 0.5) is 5.69 Å². The maximum Gasteiger partial charge on any atom is 0.257 e. The van der Waals surface area contributed by atoms with E-state index < -0.39 is 0 Å². The standard InChI is InChI=1S/C27H26N4O5/c1-18-23(17-29-25(33)21-12-8-15-28-26(21)34-2)31-27(36-18)20-11-6-7-13-22(20)30-24(32)14-16-35-19-9-4-3-5-10-19/h3-13,15H,14,16-17H2,1-2H3,(H,29,33)(H,30,32). The number of rotatable bonds is 10. The van der Waals surface area contributed by atoms with Crippen molar-refractivity contribution in [3.63, 3.8) is 0 Å². The average molecular weight is 487 g/mol. The Morgan fingerprint density at radius 3 is 2.58 bits per heavy atom. The molecule has 184 valence electrons. The van der Waals surface area contributed by atoms with E-state index in [1.165, 1.54) is 7.11 Å². The van der Waals surface area contributed by atoms with Crippen molar-refractivity contribution in [1.29, 1.82) is 0 Å². The summed E-state index contributed by atoms with van der Waals surface area (Å²) in [6.45, 7) is 2.17. The first-order chi connectivity index (χ1) is 17.5. The van der Waals surface area contributed by atoms with Gasteiger partial charge in [0, 0.05) is 6.20 Å². The molecular weight excluding hydrogens is 460 g/mol. The molecule has 2 aromatic heterocycles. The van der Waals surface area contributed by atoms with Gasteiger partial charge in [-0.15, -0.1) is 0 Å². The molecule has 9 heteroatoms. The quantitative estimate of drug-likeness (QED) is 0.341. The lowest BCUT2D eigenvalue weighted by Gasteiger charge is -2.10. The van der Waals surface area contributed by atoms with Gasteiger partial charge in [-0.1, -0.05) is 30.3 Å². The highest BCUT2D eigenvalue weighted by molar-refractivity contribution is 5.96. The SMILES string of the molecule is COc1ncccc1C(=O)NCc1nc(-c2ccccc2NC(=O)CCOc2ccccc2)oc1C. The highest BCUT2D eigenvalue weighted by Gasteiger charge is 2.18. The Labute approximate surface area is 208 Å². The van der Waals surface area contributed by atoms with Gasteiger partial charge in [0.25, 0.3) is 5.91 Å². The molecule has 0 saturated heterocycles. The molecule has 2 amide bonds. The Morgan fingerprint density at radius 2 is 1.78 bits per heavy atom. The summed E-state index contributed by atoms with van der Waals surface area (Å²) in [6, 6.07) is 19.9. The highest BCUT2D eigenvalue weighted by atomic mass is 16.5. The predicted octanol–water partition coefficient (Wildman–Crippen LogP) is 4.39. The maximum absolute atomic E-state index is 12.6. The molecule has 0 spiro atoms. The lowest BCUT2D eigenvalue weighted by molar-refractivity contribution is -0.116. The van der Waals surface area contributed by atoms with Gasteiger partial charge in [0.05, 0.1) is 37.9 Å². The number of carbonyl (C=O) groups is 2. The molecular formula is C27H26N4O5. The number of aryl methyl sites for hydroxylation is 1. The molecule has 4 rings (SSSR count). The Balaban J connectivity index is 1.40. The fourth-order valence-corrected chi connectivity index (χ4v) is 3.46. The summed E-state index contributed by atoms with van der Waals surface area (Å²) in [4.78, 5) is 33.7. The van der Waals surface area contributed by atoms with Gasteiger partial charge in [-0.3, -0.25) is 9.59 Å². The monoisotopic (exact) mass is 486 g/mol. The molecule has 2 aromatic carbocycles. The fraction of sp³-hybridized carbons (Fsp3) is 0.185. The Hall–Kier alpha value is -4.66. The van der Waals surface area contributed by atoms with E-state index in [2.05, 4.69) is 20.6 Å². The van der Waals surface area contributed by atoms with Crippen LogP contribution < -0.4 is 20.1 Å². The number of methoxy groups -OCH3 is 1. The van der Waals surface area contributed by atoms with Crippen molar-refractivity contribution in [3.8, 4) is 23.1 Å². The number of carbonyl (C=O) groups excluding carboxylic acids is 2. The van der Waals surface area contributed by atoms with Crippen molar-refractivity contribution in [2.75, 3.05) is 19.0 Å². The number of hydrogen-bond acceptors (Lipinski definition) is 7. The van der Waals surface area contributed by atoms with E-state index in [0.717, 1.165) is 0 Å². The number of oxazole rings is 1. The predicted molar refractivity (Wildman–Crippen MR) is 134 cm³/mol. The number of para-hydroxylation sites is 2. The molecule has 2 heterocycles. The van der Waals surface area contributed by atoms with Gasteiger partial charge in [0.1, 0.15) is 22.8 Å². The van der Waals surface area contributed by atoms with Gasteiger partial charge < -0.3 is 24.5 Å². The van der Waals surface area contributed by atoms with E-state index in [-0.39, 0.29) is 37.3 Å². The number of aromatic nitrogens is 2. The number of pyridine rings is 1.